The summed E-state index contributed by atoms with van der Waals surface area (Å²) < 4.78 is 69.6. The van der Waals surface area contributed by atoms with Gasteiger partial charge >= 0.3 is 18.1 Å². The SMILES string of the molecule is NC(=O)c1cnc2ccccc2c1.NC(Cc1cc(F)c(F)c(F)c1)C(=O)O.O=C(O)C(F)(F)F. The van der Waals surface area contributed by atoms with Crippen molar-refractivity contribution in [3.05, 3.63) is 77.2 Å². The fourth-order valence-corrected chi connectivity index (χ4v) is 2.27. The number of nitrogens with two attached hydrogens (primary N) is 2. The lowest BCUT2D eigenvalue weighted by molar-refractivity contribution is -0.192. The molecule has 0 saturated heterocycles. The van der Waals surface area contributed by atoms with Crippen LogP contribution in [-0.2, 0) is 16.0 Å². The highest BCUT2D eigenvalue weighted by molar-refractivity contribution is 5.96. The number of aromatic nitrogens is 1. The lowest BCUT2D eigenvalue weighted by atomic mass is 10.1. The smallest absolute Gasteiger partial charge is 0.480 e. The number of alkyl halides is 3. The lowest BCUT2D eigenvalue weighted by Crippen LogP contribution is -2.32. The summed E-state index contributed by atoms with van der Waals surface area (Å²) in [6, 6.07) is 9.50. The molecule has 0 saturated carbocycles. The van der Waals surface area contributed by atoms with E-state index in [4.69, 9.17) is 26.5 Å². The summed E-state index contributed by atoms with van der Waals surface area (Å²) in [7, 11) is 0. The molecule has 1 atom stereocenters. The van der Waals surface area contributed by atoms with E-state index in [0.717, 1.165) is 23.0 Å². The van der Waals surface area contributed by atoms with Crippen molar-refractivity contribution < 1.29 is 50.9 Å². The van der Waals surface area contributed by atoms with Gasteiger partial charge in [-0.25, -0.2) is 18.0 Å². The molecule has 1 amide bonds. The highest BCUT2D eigenvalue weighted by Gasteiger charge is 2.38. The first-order valence-electron chi connectivity index (χ1n) is 9.20. The van der Waals surface area contributed by atoms with E-state index in [-0.39, 0.29) is 12.0 Å². The second-order valence-corrected chi connectivity index (χ2v) is 6.61. The number of pyridine rings is 1. The Morgan fingerprint density at radius 2 is 1.49 bits per heavy atom. The Hall–Kier alpha value is -4.20. The minimum atomic E-state index is -5.08. The molecule has 0 spiro atoms. The number of carboxylic acid groups (broad SMARTS) is 2. The number of nitrogens with zero attached hydrogens (tertiary/aromatic N) is 1. The Labute approximate surface area is 192 Å². The molecular formula is C21H17F6N3O5. The number of fused-ring (bicyclic) bond motifs is 1. The van der Waals surface area contributed by atoms with E-state index in [9.17, 15) is 35.9 Å². The Morgan fingerprint density at radius 1 is 0.971 bits per heavy atom. The predicted octanol–water partition coefficient (Wildman–Crippen LogP) is 3.03. The van der Waals surface area contributed by atoms with Crippen LogP contribution in [-0.4, -0.2) is 45.3 Å². The van der Waals surface area contributed by atoms with Gasteiger partial charge in [-0.05, 0) is 36.2 Å². The lowest BCUT2D eigenvalue weighted by Gasteiger charge is -2.06. The molecule has 14 heteroatoms. The molecule has 8 nitrogen and oxygen atoms in total. The Kier molecular flexibility index (Phi) is 10.1. The van der Waals surface area contributed by atoms with Gasteiger partial charge in [0.15, 0.2) is 17.5 Å². The van der Waals surface area contributed by atoms with Gasteiger partial charge in [-0.15, -0.1) is 0 Å². The average Bonchev–Trinajstić information content (AvgIpc) is 2.77. The molecule has 3 aromatic rings. The van der Waals surface area contributed by atoms with E-state index >= 15 is 0 Å². The number of benzene rings is 2. The summed E-state index contributed by atoms with van der Waals surface area (Å²) in [6.45, 7) is 0. The van der Waals surface area contributed by atoms with Crippen LogP contribution in [0.3, 0.4) is 0 Å². The molecule has 0 aliphatic rings. The van der Waals surface area contributed by atoms with Crippen molar-refractivity contribution in [2.24, 2.45) is 11.5 Å². The van der Waals surface area contributed by atoms with Crippen LogP contribution in [0.1, 0.15) is 15.9 Å². The fourth-order valence-electron chi connectivity index (χ4n) is 2.27. The maximum absolute atomic E-state index is 12.7. The Morgan fingerprint density at radius 3 is 1.94 bits per heavy atom. The highest BCUT2D eigenvalue weighted by atomic mass is 19.4. The molecule has 0 fully saturated rings. The second-order valence-electron chi connectivity index (χ2n) is 6.61. The molecule has 3 rings (SSSR count). The number of para-hydroxylation sites is 1. The number of carboxylic acids is 2. The summed E-state index contributed by atoms with van der Waals surface area (Å²) in [5, 5.41) is 16.5. The zero-order chi connectivity index (χ0) is 26.9. The molecule has 1 aromatic heterocycles. The highest BCUT2D eigenvalue weighted by Crippen LogP contribution is 2.15. The van der Waals surface area contributed by atoms with Gasteiger partial charge in [-0.2, -0.15) is 13.2 Å². The largest absolute Gasteiger partial charge is 0.490 e. The average molecular weight is 505 g/mol. The number of amides is 1. The minimum Gasteiger partial charge on any atom is -0.480 e. The number of hydrogen-bond acceptors (Lipinski definition) is 5. The van der Waals surface area contributed by atoms with E-state index in [2.05, 4.69) is 4.98 Å². The maximum atomic E-state index is 12.7. The molecule has 1 heterocycles. The van der Waals surface area contributed by atoms with E-state index in [1.54, 1.807) is 6.07 Å². The first kappa shape index (κ1) is 28.8. The van der Waals surface area contributed by atoms with Crippen LogP contribution in [0.25, 0.3) is 10.9 Å². The van der Waals surface area contributed by atoms with Gasteiger partial charge in [0.1, 0.15) is 6.04 Å². The molecule has 2 aromatic carbocycles. The van der Waals surface area contributed by atoms with Gasteiger partial charge in [0.25, 0.3) is 0 Å². The number of halogens is 6. The zero-order valence-corrected chi connectivity index (χ0v) is 17.4. The topological polar surface area (TPSA) is 157 Å². The van der Waals surface area contributed by atoms with Crippen molar-refractivity contribution in [1.82, 2.24) is 4.98 Å². The Bertz CT molecular complexity index is 1200. The summed E-state index contributed by atoms with van der Waals surface area (Å²) in [5.41, 5.74) is 11.6. The van der Waals surface area contributed by atoms with Crippen LogP contribution in [0.2, 0.25) is 0 Å². The first-order chi connectivity index (χ1) is 16.1. The van der Waals surface area contributed by atoms with Crippen molar-refractivity contribution in [2.75, 3.05) is 0 Å². The molecule has 0 radical (unpaired) electrons. The number of aliphatic carboxylic acids is 2. The number of carbonyl (C=O) groups excluding carboxylic acids is 1. The Balaban J connectivity index is 0.000000280. The van der Waals surface area contributed by atoms with Crippen LogP contribution < -0.4 is 11.5 Å². The molecule has 0 bridgehead atoms. The quantitative estimate of drug-likeness (QED) is 0.314. The van der Waals surface area contributed by atoms with E-state index in [0.29, 0.717) is 5.56 Å². The maximum Gasteiger partial charge on any atom is 0.490 e. The van der Waals surface area contributed by atoms with Gasteiger partial charge in [0.2, 0.25) is 5.91 Å². The predicted molar refractivity (Wildman–Crippen MR) is 110 cm³/mol. The summed E-state index contributed by atoms with van der Waals surface area (Å²) in [4.78, 5) is 34.2. The third kappa shape index (κ3) is 9.29. The third-order valence-electron chi connectivity index (χ3n) is 3.93. The van der Waals surface area contributed by atoms with Crippen molar-refractivity contribution in [3.8, 4) is 0 Å². The monoisotopic (exact) mass is 505 g/mol. The van der Waals surface area contributed by atoms with Crippen molar-refractivity contribution >= 4 is 28.7 Å². The fraction of sp³-hybridized carbons (Fsp3) is 0.143. The third-order valence-corrected chi connectivity index (χ3v) is 3.93. The second kappa shape index (κ2) is 12.3. The summed E-state index contributed by atoms with van der Waals surface area (Å²) in [6.07, 6.45) is -3.85. The van der Waals surface area contributed by atoms with Crippen LogP contribution in [0, 0.1) is 17.5 Å². The van der Waals surface area contributed by atoms with Gasteiger partial charge < -0.3 is 21.7 Å². The normalized spacial score (nSPS) is 11.4. The molecule has 0 aliphatic heterocycles. The summed E-state index contributed by atoms with van der Waals surface area (Å²) >= 11 is 0. The van der Waals surface area contributed by atoms with Crippen LogP contribution in [0.15, 0.2) is 48.7 Å². The number of primary amides is 1. The van der Waals surface area contributed by atoms with Crippen LogP contribution in [0.5, 0.6) is 0 Å². The van der Waals surface area contributed by atoms with Crippen molar-refractivity contribution in [2.45, 2.75) is 18.6 Å². The molecule has 188 valence electrons. The van der Waals surface area contributed by atoms with Gasteiger partial charge in [0.05, 0.1) is 11.1 Å². The summed E-state index contributed by atoms with van der Waals surface area (Å²) in [5.74, 6) is -8.79. The van der Waals surface area contributed by atoms with Crippen LogP contribution >= 0.6 is 0 Å². The minimum absolute atomic E-state index is 0.00120. The standard InChI is InChI=1S/C10H8N2O.C9H8F3NO2.C2HF3O2/c11-10(13)8-5-7-3-1-2-4-9(7)12-6-8;10-5-1-4(2-6(11)8(5)12)3-7(13)9(14)15;3-2(4,5)1(6)7/h1-6H,(H2,11,13);1-2,7H,3,13H2,(H,14,15);(H,6,7). The van der Waals surface area contributed by atoms with E-state index in [1.165, 1.54) is 6.20 Å². The number of hydrogen-bond donors (Lipinski definition) is 4. The molecule has 35 heavy (non-hydrogen) atoms. The van der Waals surface area contributed by atoms with Gasteiger partial charge in [-0.1, -0.05) is 18.2 Å². The van der Waals surface area contributed by atoms with Gasteiger partial charge in [0, 0.05) is 11.6 Å². The number of carbonyl (C=O) groups is 3. The molecule has 6 N–H and O–H groups in total. The molecule has 0 aliphatic carbocycles. The zero-order valence-electron chi connectivity index (χ0n) is 17.4. The van der Waals surface area contributed by atoms with E-state index < -0.39 is 47.5 Å². The van der Waals surface area contributed by atoms with Gasteiger partial charge in [-0.3, -0.25) is 14.6 Å². The number of rotatable bonds is 4. The van der Waals surface area contributed by atoms with Crippen molar-refractivity contribution in [1.29, 1.82) is 0 Å². The molecule has 1 unspecified atom stereocenters. The van der Waals surface area contributed by atoms with E-state index in [1.807, 2.05) is 24.3 Å². The van der Waals surface area contributed by atoms with Crippen molar-refractivity contribution in [3.63, 3.8) is 0 Å². The van der Waals surface area contributed by atoms with Crippen LogP contribution in [0.4, 0.5) is 26.3 Å². The first-order valence-corrected chi connectivity index (χ1v) is 9.20. The molecular weight excluding hydrogens is 488 g/mol.